The number of hydrogen-bond acceptors (Lipinski definition) is 7. The van der Waals surface area contributed by atoms with Crippen LogP contribution in [-0.4, -0.2) is 74.0 Å². The molecule has 0 radical (unpaired) electrons. The molecule has 2 bridgehead atoms. The zero-order valence-electron chi connectivity index (χ0n) is 15.6. The molecular formula is C18H23N5O5. The average Bonchev–Trinajstić information content (AvgIpc) is 3.21. The molecule has 0 aromatic carbocycles. The molecule has 0 atom stereocenters. The molecule has 5 heterocycles. The number of nitrogens with zero attached hydrogens (tertiary/aromatic N) is 5. The van der Waals surface area contributed by atoms with Gasteiger partial charge in [0.1, 0.15) is 5.69 Å². The van der Waals surface area contributed by atoms with E-state index in [9.17, 15) is 9.59 Å². The number of aromatic nitrogens is 3. The largest absolute Gasteiger partial charge is 0.478 e. The lowest BCUT2D eigenvalue weighted by molar-refractivity contribution is -0.134. The summed E-state index contributed by atoms with van der Waals surface area (Å²) in [6.07, 6.45) is 5.49. The second kappa shape index (κ2) is 8.70. The Hall–Kier alpha value is -3.14. The lowest BCUT2D eigenvalue weighted by Crippen LogP contribution is -2.38. The third-order valence-corrected chi connectivity index (χ3v) is 4.85. The van der Waals surface area contributed by atoms with Gasteiger partial charge in [0.25, 0.3) is 5.89 Å². The van der Waals surface area contributed by atoms with Gasteiger partial charge in [-0.2, -0.15) is 0 Å². The normalized spacial score (nSPS) is 21.2. The molecule has 3 fully saturated rings. The zero-order chi connectivity index (χ0) is 20.1. The predicted molar refractivity (Wildman–Crippen MR) is 99.9 cm³/mol. The summed E-state index contributed by atoms with van der Waals surface area (Å²) in [5.74, 6) is -1.91. The Morgan fingerprint density at radius 2 is 1.79 bits per heavy atom. The molecule has 0 aliphatic carbocycles. The predicted octanol–water partition coefficient (Wildman–Crippen LogP) is 1.07. The van der Waals surface area contributed by atoms with E-state index in [-0.39, 0.29) is 0 Å². The van der Waals surface area contributed by atoms with Crippen molar-refractivity contribution in [3.05, 3.63) is 30.5 Å². The highest BCUT2D eigenvalue weighted by atomic mass is 16.4. The van der Waals surface area contributed by atoms with Crippen LogP contribution in [0.15, 0.2) is 34.9 Å². The number of aliphatic carboxylic acids is 2. The van der Waals surface area contributed by atoms with Crippen LogP contribution in [0.5, 0.6) is 0 Å². The minimum absolute atomic E-state index is 0.551. The molecule has 2 aromatic rings. The fraction of sp³-hybridized carbons (Fsp3) is 0.444. The second-order valence-electron chi connectivity index (χ2n) is 6.67. The summed E-state index contributed by atoms with van der Waals surface area (Å²) in [6.45, 7) is 4.47. The number of hydrogen-bond donors (Lipinski definition) is 2. The van der Waals surface area contributed by atoms with Crippen LogP contribution in [0.1, 0.15) is 12.8 Å². The molecule has 28 heavy (non-hydrogen) atoms. The van der Waals surface area contributed by atoms with Crippen LogP contribution in [0, 0.1) is 0 Å². The van der Waals surface area contributed by atoms with Crippen LogP contribution in [0.3, 0.4) is 0 Å². The Morgan fingerprint density at radius 1 is 1.11 bits per heavy atom. The van der Waals surface area contributed by atoms with Gasteiger partial charge in [0.2, 0.25) is 0 Å². The lowest BCUT2D eigenvalue weighted by Gasteiger charge is -2.29. The van der Waals surface area contributed by atoms with Gasteiger partial charge in [-0.05, 0) is 25.0 Å². The van der Waals surface area contributed by atoms with Crippen molar-refractivity contribution in [2.45, 2.75) is 18.9 Å². The first-order valence-electron chi connectivity index (χ1n) is 9.02. The summed E-state index contributed by atoms with van der Waals surface area (Å²) in [5.41, 5.74) is 0.964. The maximum atomic E-state index is 9.55. The molecule has 2 N–H and O–H groups in total. The molecular weight excluding hydrogens is 366 g/mol. The van der Waals surface area contributed by atoms with E-state index in [4.69, 9.17) is 14.6 Å². The number of aryl methyl sites for hydroxylation is 1. The van der Waals surface area contributed by atoms with E-state index >= 15 is 0 Å². The Kier molecular flexibility index (Phi) is 6.09. The van der Waals surface area contributed by atoms with Gasteiger partial charge >= 0.3 is 18.0 Å². The number of carboxylic acid groups (broad SMARTS) is 2. The SMILES string of the molecule is Cn1cccc1-c1nnc(N2CCN3CCC2CC3)o1.O=C(O)/C=C/C(=O)O. The molecule has 3 aliphatic heterocycles. The molecule has 10 heteroatoms. The van der Waals surface area contributed by atoms with Crippen molar-refractivity contribution in [2.24, 2.45) is 7.05 Å². The van der Waals surface area contributed by atoms with Gasteiger partial charge in [0, 0.05) is 57.6 Å². The van der Waals surface area contributed by atoms with Crippen LogP contribution in [-0.2, 0) is 16.6 Å². The van der Waals surface area contributed by atoms with E-state index in [0.717, 1.165) is 18.8 Å². The minimum Gasteiger partial charge on any atom is -0.478 e. The van der Waals surface area contributed by atoms with Gasteiger partial charge in [-0.1, -0.05) is 5.10 Å². The number of carboxylic acids is 2. The van der Waals surface area contributed by atoms with Crippen molar-refractivity contribution in [2.75, 3.05) is 31.1 Å². The van der Waals surface area contributed by atoms with Crippen LogP contribution >= 0.6 is 0 Å². The molecule has 10 nitrogen and oxygen atoms in total. The minimum atomic E-state index is -1.26. The maximum absolute atomic E-state index is 9.55. The summed E-state index contributed by atoms with van der Waals surface area (Å²) in [6, 6.07) is 5.21. The number of fused-ring (bicyclic) bond motifs is 4. The van der Waals surface area contributed by atoms with Crippen molar-refractivity contribution in [3.63, 3.8) is 0 Å². The number of rotatable bonds is 4. The van der Waals surface area contributed by atoms with E-state index in [1.165, 1.54) is 25.9 Å². The van der Waals surface area contributed by atoms with Crippen LogP contribution in [0.4, 0.5) is 6.01 Å². The lowest BCUT2D eigenvalue weighted by atomic mass is 10.1. The first-order valence-corrected chi connectivity index (χ1v) is 9.02. The molecule has 3 aliphatic rings. The van der Waals surface area contributed by atoms with Crippen molar-refractivity contribution in [1.29, 1.82) is 0 Å². The molecule has 0 amide bonds. The van der Waals surface area contributed by atoms with Gasteiger partial charge in [0.15, 0.2) is 0 Å². The molecule has 150 valence electrons. The highest BCUT2D eigenvalue weighted by Crippen LogP contribution is 2.28. The molecule has 3 saturated heterocycles. The van der Waals surface area contributed by atoms with Gasteiger partial charge in [-0.15, -0.1) is 5.10 Å². The summed E-state index contributed by atoms with van der Waals surface area (Å²) >= 11 is 0. The standard InChI is InChI=1S/C14H19N5O.C4H4O4/c1-17-6-2-3-12(17)13-15-16-14(20-13)19-10-9-18-7-4-11(19)5-8-18;5-3(6)1-2-4(7)8/h2-3,6,11H,4-5,7-10H2,1H3;1-2H,(H,5,6)(H,7,8)/b;2-1+. The smallest absolute Gasteiger partial charge is 0.328 e. The summed E-state index contributed by atoms with van der Waals surface area (Å²) in [7, 11) is 1.99. The first kappa shape index (κ1) is 19.6. The third kappa shape index (κ3) is 4.77. The second-order valence-corrected chi connectivity index (χ2v) is 6.67. The average molecular weight is 389 g/mol. The first-order chi connectivity index (χ1) is 13.4. The van der Waals surface area contributed by atoms with Gasteiger partial charge in [-0.25, -0.2) is 9.59 Å². The van der Waals surface area contributed by atoms with E-state index in [0.29, 0.717) is 30.1 Å². The molecule has 2 aromatic heterocycles. The summed E-state index contributed by atoms with van der Waals surface area (Å²) in [5, 5.41) is 24.1. The Bertz CT molecular complexity index is 834. The molecule has 0 spiro atoms. The Balaban J connectivity index is 0.000000242. The fourth-order valence-corrected chi connectivity index (χ4v) is 3.40. The van der Waals surface area contributed by atoms with E-state index in [1.807, 2.05) is 29.9 Å². The van der Waals surface area contributed by atoms with Gasteiger partial charge in [0.05, 0.1) is 0 Å². The molecule has 0 saturated carbocycles. The third-order valence-electron chi connectivity index (χ3n) is 4.85. The topological polar surface area (TPSA) is 125 Å². The van der Waals surface area contributed by atoms with Crippen molar-refractivity contribution < 1.29 is 24.2 Å². The summed E-state index contributed by atoms with van der Waals surface area (Å²) in [4.78, 5) is 23.9. The van der Waals surface area contributed by atoms with Crippen molar-refractivity contribution in [1.82, 2.24) is 19.7 Å². The zero-order valence-corrected chi connectivity index (χ0v) is 15.6. The Labute approximate surface area is 161 Å². The van der Waals surface area contributed by atoms with Crippen molar-refractivity contribution in [3.8, 4) is 11.6 Å². The van der Waals surface area contributed by atoms with Gasteiger partial charge in [-0.3, -0.25) is 0 Å². The number of piperidine rings is 1. The number of anilines is 1. The van der Waals surface area contributed by atoms with Crippen LogP contribution in [0.2, 0.25) is 0 Å². The quantitative estimate of drug-likeness (QED) is 0.739. The number of carbonyl (C=O) groups is 2. The van der Waals surface area contributed by atoms with Crippen LogP contribution < -0.4 is 4.90 Å². The maximum Gasteiger partial charge on any atom is 0.328 e. The van der Waals surface area contributed by atoms with E-state index < -0.39 is 11.9 Å². The molecule has 5 rings (SSSR count). The van der Waals surface area contributed by atoms with E-state index in [2.05, 4.69) is 20.0 Å². The van der Waals surface area contributed by atoms with Crippen LogP contribution in [0.25, 0.3) is 11.6 Å². The highest BCUT2D eigenvalue weighted by molar-refractivity contribution is 5.89. The monoisotopic (exact) mass is 389 g/mol. The highest BCUT2D eigenvalue weighted by Gasteiger charge is 2.32. The Morgan fingerprint density at radius 3 is 2.36 bits per heavy atom. The fourth-order valence-electron chi connectivity index (χ4n) is 3.40. The molecule has 0 unspecified atom stereocenters. The van der Waals surface area contributed by atoms with Crippen molar-refractivity contribution >= 4 is 18.0 Å². The van der Waals surface area contributed by atoms with Gasteiger partial charge < -0.3 is 29.0 Å². The van der Waals surface area contributed by atoms with E-state index in [1.54, 1.807) is 0 Å². The summed E-state index contributed by atoms with van der Waals surface area (Å²) < 4.78 is 7.92.